The summed E-state index contributed by atoms with van der Waals surface area (Å²) >= 11 is 0. The summed E-state index contributed by atoms with van der Waals surface area (Å²) in [4.78, 5) is 5.10. The molecule has 1 atom stereocenters. The molecule has 0 aromatic rings. The summed E-state index contributed by atoms with van der Waals surface area (Å²) in [6.45, 7) is 13.1. The second-order valence-electron chi connectivity index (χ2n) is 5.60. The number of nitrogens with zero attached hydrogens (tertiary/aromatic N) is 2. The van der Waals surface area contributed by atoms with Crippen LogP contribution >= 0.6 is 0 Å². The van der Waals surface area contributed by atoms with Gasteiger partial charge in [0, 0.05) is 38.8 Å². The molecule has 1 rings (SSSR count). The molecule has 0 aromatic heterocycles. The molecule has 102 valence electrons. The van der Waals surface area contributed by atoms with E-state index in [4.69, 9.17) is 0 Å². The second kappa shape index (κ2) is 8.06. The van der Waals surface area contributed by atoms with Crippen LogP contribution in [0.3, 0.4) is 0 Å². The van der Waals surface area contributed by atoms with Crippen LogP contribution in [0.5, 0.6) is 0 Å². The maximum absolute atomic E-state index is 9.27. The van der Waals surface area contributed by atoms with Crippen molar-refractivity contribution in [2.45, 2.75) is 46.1 Å². The first-order chi connectivity index (χ1) is 8.17. The fraction of sp³-hybridized carbons (Fsp3) is 1.00. The highest BCUT2D eigenvalue weighted by Gasteiger charge is 2.19. The van der Waals surface area contributed by atoms with E-state index in [-0.39, 0.29) is 0 Å². The number of rotatable bonds is 7. The van der Waals surface area contributed by atoms with Crippen LogP contribution in [0, 0.1) is 5.92 Å². The number of piperazine rings is 1. The van der Waals surface area contributed by atoms with Crippen molar-refractivity contribution in [2.24, 2.45) is 5.92 Å². The molecule has 0 spiro atoms. The van der Waals surface area contributed by atoms with E-state index in [2.05, 4.69) is 30.6 Å². The van der Waals surface area contributed by atoms with Gasteiger partial charge in [0.2, 0.25) is 0 Å². The van der Waals surface area contributed by atoms with Gasteiger partial charge in [-0.1, -0.05) is 13.3 Å². The topological polar surface area (TPSA) is 26.7 Å². The zero-order valence-corrected chi connectivity index (χ0v) is 11.9. The van der Waals surface area contributed by atoms with E-state index in [0.29, 0.717) is 18.6 Å². The van der Waals surface area contributed by atoms with Crippen molar-refractivity contribution >= 4 is 0 Å². The molecular weight excluding hydrogens is 212 g/mol. The summed E-state index contributed by atoms with van der Waals surface area (Å²) in [6, 6.07) is 0.683. The maximum Gasteiger partial charge on any atom is 0.0459 e. The van der Waals surface area contributed by atoms with Gasteiger partial charge < -0.3 is 10.0 Å². The van der Waals surface area contributed by atoms with E-state index in [0.717, 1.165) is 13.0 Å². The Morgan fingerprint density at radius 2 is 1.71 bits per heavy atom. The molecule has 0 saturated carbocycles. The van der Waals surface area contributed by atoms with E-state index in [1.54, 1.807) is 0 Å². The summed E-state index contributed by atoms with van der Waals surface area (Å²) in [5, 5.41) is 9.27. The lowest BCUT2D eigenvalue weighted by atomic mass is 10.0. The molecule has 17 heavy (non-hydrogen) atoms. The van der Waals surface area contributed by atoms with Crippen molar-refractivity contribution in [3.8, 4) is 0 Å². The van der Waals surface area contributed by atoms with Gasteiger partial charge in [-0.05, 0) is 39.2 Å². The van der Waals surface area contributed by atoms with Gasteiger partial charge in [-0.3, -0.25) is 4.90 Å². The largest absolute Gasteiger partial charge is 0.396 e. The van der Waals surface area contributed by atoms with Crippen molar-refractivity contribution < 1.29 is 5.11 Å². The van der Waals surface area contributed by atoms with Crippen LogP contribution < -0.4 is 0 Å². The molecule has 1 saturated heterocycles. The molecule has 1 aliphatic rings. The Bertz CT molecular complexity index is 189. The molecule has 1 heterocycles. The predicted molar refractivity (Wildman–Crippen MR) is 73.2 cm³/mol. The fourth-order valence-electron chi connectivity index (χ4n) is 2.60. The third-order valence-electron chi connectivity index (χ3n) is 3.95. The SMILES string of the molecule is CCC[C@H](CO)CCN1CCN(C(C)C)CC1. The first-order valence-corrected chi connectivity index (χ1v) is 7.24. The number of hydrogen-bond donors (Lipinski definition) is 1. The Morgan fingerprint density at radius 1 is 1.06 bits per heavy atom. The van der Waals surface area contributed by atoms with Crippen molar-refractivity contribution in [3.05, 3.63) is 0 Å². The van der Waals surface area contributed by atoms with Crippen LogP contribution in [-0.2, 0) is 0 Å². The van der Waals surface area contributed by atoms with Gasteiger partial charge in [0.1, 0.15) is 0 Å². The van der Waals surface area contributed by atoms with Gasteiger partial charge in [-0.2, -0.15) is 0 Å². The van der Waals surface area contributed by atoms with Crippen LogP contribution in [0.4, 0.5) is 0 Å². The van der Waals surface area contributed by atoms with E-state index >= 15 is 0 Å². The zero-order chi connectivity index (χ0) is 12.7. The Kier molecular flexibility index (Phi) is 7.09. The van der Waals surface area contributed by atoms with Crippen LogP contribution in [0.25, 0.3) is 0 Å². The minimum Gasteiger partial charge on any atom is -0.396 e. The molecule has 1 N–H and O–H groups in total. The number of aliphatic hydroxyl groups excluding tert-OH is 1. The monoisotopic (exact) mass is 242 g/mol. The molecule has 0 unspecified atom stereocenters. The van der Waals surface area contributed by atoms with Crippen LogP contribution in [0.15, 0.2) is 0 Å². The lowest BCUT2D eigenvalue weighted by molar-refractivity contribution is 0.0986. The number of aliphatic hydroxyl groups is 1. The van der Waals surface area contributed by atoms with Crippen molar-refractivity contribution in [1.82, 2.24) is 9.80 Å². The molecule has 3 heteroatoms. The zero-order valence-electron chi connectivity index (χ0n) is 11.9. The molecule has 1 fully saturated rings. The van der Waals surface area contributed by atoms with Crippen molar-refractivity contribution in [3.63, 3.8) is 0 Å². The fourth-order valence-corrected chi connectivity index (χ4v) is 2.60. The van der Waals surface area contributed by atoms with Crippen molar-refractivity contribution in [1.29, 1.82) is 0 Å². The van der Waals surface area contributed by atoms with E-state index in [1.165, 1.54) is 39.0 Å². The quantitative estimate of drug-likeness (QED) is 0.737. The molecule has 0 amide bonds. The number of hydrogen-bond acceptors (Lipinski definition) is 3. The molecule has 0 radical (unpaired) electrons. The molecule has 0 aromatic carbocycles. The molecule has 3 nitrogen and oxygen atoms in total. The summed E-state index contributed by atoms with van der Waals surface area (Å²) < 4.78 is 0. The highest BCUT2D eigenvalue weighted by atomic mass is 16.3. The molecule has 1 aliphatic heterocycles. The molecular formula is C14H30N2O. The van der Waals surface area contributed by atoms with Gasteiger partial charge in [-0.15, -0.1) is 0 Å². The van der Waals surface area contributed by atoms with Gasteiger partial charge in [-0.25, -0.2) is 0 Å². The van der Waals surface area contributed by atoms with Gasteiger partial charge >= 0.3 is 0 Å². The average molecular weight is 242 g/mol. The maximum atomic E-state index is 9.27. The Morgan fingerprint density at radius 3 is 2.18 bits per heavy atom. The lowest BCUT2D eigenvalue weighted by Crippen LogP contribution is -2.49. The van der Waals surface area contributed by atoms with Crippen LogP contribution in [-0.4, -0.2) is 60.3 Å². The third-order valence-corrected chi connectivity index (χ3v) is 3.95. The second-order valence-corrected chi connectivity index (χ2v) is 5.60. The normalized spacial score (nSPS) is 21.0. The van der Waals surface area contributed by atoms with Crippen LogP contribution in [0.2, 0.25) is 0 Å². The lowest BCUT2D eigenvalue weighted by Gasteiger charge is -2.37. The Balaban J connectivity index is 2.17. The predicted octanol–water partition coefficient (Wildman–Crippen LogP) is 1.81. The standard InChI is InChI=1S/C14H30N2O/c1-4-5-14(12-17)6-7-15-8-10-16(11-9-15)13(2)3/h13-14,17H,4-12H2,1-3H3/t14-/m0/s1. The van der Waals surface area contributed by atoms with E-state index in [1.807, 2.05) is 0 Å². The summed E-state index contributed by atoms with van der Waals surface area (Å²) in [7, 11) is 0. The Hall–Kier alpha value is -0.120. The highest BCUT2D eigenvalue weighted by molar-refractivity contribution is 4.74. The highest BCUT2D eigenvalue weighted by Crippen LogP contribution is 2.13. The molecule has 0 aliphatic carbocycles. The van der Waals surface area contributed by atoms with E-state index in [9.17, 15) is 5.11 Å². The summed E-state index contributed by atoms with van der Waals surface area (Å²) in [6.07, 6.45) is 3.51. The minimum atomic E-state index is 0.361. The van der Waals surface area contributed by atoms with Gasteiger partial charge in [0.15, 0.2) is 0 Å². The third kappa shape index (κ3) is 5.36. The Labute approximate surface area is 107 Å². The van der Waals surface area contributed by atoms with Crippen molar-refractivity contribution in [2.75, 3.05) is 39.3 Å². The summed E-state index contributed by atoms with van der Waals surface area (Å²) in [5.74, 6) is 0.517. The van der Waals surface area contributed by atoms with E-state index < -0.39 is 0 Å². The average Bonchev–Trinajstić information content (AvgIpc) is 2.35. The smallest absolute Gasteiger partial charge is 0.0459 e. The van der Waals surface area contributed by atoms with Crippen LogP contribution in [0.1, 0.15) is 40.0 Å². The van der Waals surface area contributed by atoms with Gasteiger partial charge in [0.25, 0.3) is 0 Å². The minimum absolute atomic E-state index is 0.361. The molecule has 0 bridgehead atoms. The first-order valence-electron chi connectivity index (χ1n) is 7.24. The summed E-state index contributed by atoms with van der Waals surface area (Å²) in [5.41, 5.74) is 0. The van der Waals surface area contributed by atoms with Gasteiger partial charge in [0.05, 0.1) is 0 Å². The first kappa shape index (κ1) is 14.9.